The van der Waals surface area contributed by atoms with E-state index in [1.54, 1.807) is 6.92 Å². The zero-order chi connectivity index (χ0) is 12.9. The average Bonchev–Trinajstić information content (AvgIpc) is 2.58. The summed E-state index contributed by atoms with van der Waals surface area (Å²) < 4.78 is 44.8. The fourth-order valence-corrected chi connectivity index (χ4v) is 4.64. The standard InChI is InChI=1S/C10H21NO4S2/c1-2-16(12,13)6-3-5-11-8-10-4-7-17(14,15)9-10/h10-11H,2-9H2,1H3. The lowest BCUT2D eigenvalue weighted by molar-refractivity contribution is 0.519. The minimum Gasteiger partial charge on any atom is -0.316 e. The van der Waals surface area contributed by atoms with E-state index in [9.17, 15) is 16.8 Å². The molecule has 1 rings (SSSR count). The summed E-state index contributed by atoms with van der Waals surface area (Å²) in [6, 6.07) is 0. The van der Waals surface area contributed by atoms with E-state index in [1.807, 2.05) is 0 Å². The summed E-state index contributed by atoms with van der Waals surface area (Å²) in [6.07, 6.45) is 1.32. The Morgan fingerprint density at radius 1 is 1.35 bits per heavy atom. The maximum absolute atomic E-state index is 11.2. The largest absolute Gasteiger partial charge is 0.316 e. The van der Waals surface area contributed by atoms with Crippen molar-refractivity contribution in [3.63, 3.8) is 0 Å². The van der Waals surface area contributed by atoms with Crippen LogP contribution in [0.25, 0.3) is 0 Å². The van der Waals surface area contributed by atoms with Crippen LogP contribution in [-0.2, 0) is 19.7 Å². The molecule has 102 valence electrons. The summed E-state index contributed by atoms with van der Waals surface area (Å²) in [4.78, 5) is 0. The van der Waals surface area contributed by atoms with Gasteiger partial charge in [-0.05, 0) is 31.8 Å². The lowest BCUT2D eigenvalue weighted by atomic mass is 10.1. The van der Waals surface area contributed by atoms with Gasteiger partial charge in [0.2, 0.25) is 0 Å². The third-order valence-electron chi connectivity index (χ3n) is 3.01. The summed E-state index contributed by atoms with van der Waals surface area (Å²) in [7, 11) is -5.67. The van der Waals surface area contributed by atoms with Crippen LogP contribution in [0.15, 0.2) is 0 Å². The molecule has 0 aromatic carbocycles. The molecule has 7 heteroatoms. The fourth-order valence-electron chi connectivity index (χ4n) is 1.90. The molecule has 1 aliphatic rings. The number of hydrogen-bond donors (Lipinski definition) is 1. The van der Waals surface area contributed by atoms with Gasteiger partial charge in [-0.15, -0.1) is 0 Å². The van der Waals surface area contributed by atoms with E-state index in [0.717, 1.165) is 6.42 Å². The highest BCUT2D eigenvalue weighted by molar-refractivity contribution is 7.91. The van der Waals surface area contributed by atoms with Gasteiger partial charge >= 0.3 is 0 Å². The highest BCUT2D eigenvalue weighted by Gasteiger charge is 2.27. The average molecular weight is 283 g/mol. The quantitative estimate of drug-likeness (QED) is 0.657. The lowest BCUT2D eigenvalue weighted by Gasteiger charge is -2.09. The zero-order valence-electron chi connectivity index (χ0n) is 10.2. The Morgan fingerprint density at radius 2 is 2.06 bits per heavy atom. The maximum atomic E-state index is 11.2. The number of nitrogens with one attached hydrogen (secondary N) is 1. The maximum Gasteiger partial charge on any atom is 0.150 e. The molecule has 0 bridgehead atoms. The topological polar surface area (TPSA) is 80.3 Å². The van der Waals surface area contributed by atoms with E-state index in [2.05, 4.69) is 5.32 Å². The summed E-state index contributed by atoms with van der Waals surface area (Å²) in [5.41, 5.74) is 0. The molecular weight excluding hydrogens is 262 g/mol. The van der Waals surface area contributed by atoms with E-state index in [0.29, 0.717) is 25.3 Å². The molecule has 0 aromatic rings. The smallest absolute Gasteiger partial charge is 0.150 e. The van der Waals surface area contributed by atoms with E-state index < -0.39 is 19.7 Å². The van der Waals surface area contributed by atoms with Gasteiger partial charge in [-0.25, -0.2) is 16.8 Å². The van der Waals surface area contributed by atoms with Crippen LogP contribution in [0.4, 0.5) is 0 Å². The molecule has 1 heterocycles. The molecule has 1 atom stereocenters. The van der Waals surface area contributed by atoms with Gasteiger partial charge in [-0.3, -0.25) is 0 Å². The molecule has 0 radical (unpaired) electrons. The molecule has 17 heavy (non-hydrogen) atoms. The third-order valence-corrected chi connectivity index (χ3v) is 6.64. The highest BCUT2D eigenvalue weighted by Crippen LogP contribution is 2.17. The molecular formula is C10H21NO4S2. The van der Waals surface area contributed by atoms with Gasteiger partial charge in [0.15, 0.2) is 9.84 Å². The van der Waals surface area contributed by atoms with Gasteiger partial charge in [0.1, 0.15) is 9.84 Å². The second-order valence-corrected chi connectivity index (χ2v) is 9.26. The molecule has 1 N–H and O–H groups in total. The first-order valence-electron chi connectivity index (χ1n) is 5.96. The second-order valence-electron chi connectivity index (χ2n) is 4.56. The molecule has 1 fully saturated rings. The van der Waals surface area contributed by atoms with Crippen molar-refractivity contribution < 1.29 is 16.8 Å². The first-order valence-corrected chi connectivity index (χ1v) is 9.60. The molecule has 0 spiro atoms. The van der Waals surface area contributed by atoms with Gasteiger partial charge < -0.3 is 5.32 Å². The van der Waals surface area contributed by atoms with Crippen LogP contribution in [0.3, 0.4) is 0 Å². The molecule has 1 aliphatic heterocycles. The van der Waals surface area contributed by atoms with Crippen molar-refractivity contribution in [2.24, 2.45) is 5.92 Å². The zero-order valence-corrected chi connectivity index (χ0v) is 11.8. The molecule has 0 saturated carbocycles. The Hall–Kier alpha value is -0.140. The first-order chi connectivity index (χ1) is 7.85. The molecule has 5 nitrogen and oxygen atoms in total. The van der Waals surface area contributed by atoms with Crippen molar-refractivity contribution in [3.05, 3.63) is 0 Å². The summed E-state index contributed by atoms with van der Waals surface area (Å²) >= 11 is 0. The van der Waals surface area contributed by atoms with Crippen LogP contribution in [0.1, 0.15) is 19.8 Å². The van der Waals surface area contributed by atoms with E-state index in [-0.39, 0.29) is 23.2 Å². The van der Waals surface area contributed by atoms with Crippen molar-refractivity contribution >= 4 is 19.7 Å². The predicted molar refractivity (Wildman–Crippen MR) is 68.6 cm³/mol. The Labute approximate surface area is 104 Å². The summed E-state index contributed by atoms with van der Waals surface area (Å²) in [5.74, 6) is 1.16. The third kappa shape index (κ3) is 5.83. The van der Waals surface area contributed by atoms with Crippen molar-refractivity contribution in [3.8, 4) is 0 Å². The summed E-state index contributed by atoms with van der Waals surface area (Å²) in [6.45, 7) is 2.95. The van der Waals surface area contributed by atoms with Crippen molar-refractivity contribution in [2.45, 2.75) is 19.8 Å². The predicted octanol–water partition coefficient (Wildman–Crippen LogP) is -0.164. The van der Waals surface area contributed by atoms with Crippen LogP contribution >= 0.6 is 0 Å². The lowest BCUT2D eigenvalue weighted by Crippen LogP contribution is -2.26. The minimum absolute atomic E-state index is 0.188. The van der Waals surface area contributed by atoms with Crippen molar-refractivity contribution in [2.75, 3.05) is 36.1 Å². The van der Waals surface area contributed by atoms with Gasteiger partial charge in [0.25, 0.3) is 0 Å². The minimum atomic E-state index is -2.87. The van der Waals surface area contributed by atoms with E-state index in [1.165, 1.54) is 0 Å². The SMILES string of the molecule is CCS(=O)(=O)CCCNCC1CCS(=O)(=O)C1. The van der Waals surface area contributed by atoms with Gasteiger partial charge in [0, 0.05) is 5.75 Å². The number of hydrogen-bond acceptors (Lipinski definition) is 5. The highest BCUT2D eigenvalue weighted by atomic mass is 32.2. The second kappa shape index (κ2) is 6.15. The molecule has 1 saturated heterocycles. The Bertz CT molecular complexity index is 427. The monoisotopic (exact) mass is 283 g/mol. The van der Waals surface area contributed by atoms with E-state index >= 15 is 0 Å². The van der Waals surface area contributed by atoms with Crippen molar-refractivity contribution in [1.82, 2.24) is 5.32 Å². The van der Waals surface area contributed by atoms with Crippen LogP contribution in [0.5, 0.6) is 0 Å². The van der Waals surface area contributed by atoms with Crippen LogP contribution in [-0.4, -0.2) is 52.9 Å². The van der Waals surface area contributed by atoms with Crippen molar-refractivity contribution in [1.29, 1.82) is 0 Å². The normalized spacial score (nSPS) is 23.9. The van der Waals surface area contributed by atoms with Gasteiger partial charge in [-0.1, -0.05) is 6.92 Å². The fraction of sp³-hybridized carbons (Fsp3) is 1.00. The Morgan fingerprint density at radius 3 is 2.59 bits per heavy atom. The molecule has 1 unspecified atom stereocenters. The van der Waals surface area contributed by atoms with Crippen LogP contribution in [0.2, 0.25) is 0 Å². The van der Waals surface area contributed by atoms with Gasteiger partial charge in [-0.2, -0.15) is 0 Å². The molecule has 0 amide bonds. The van der Waals surface area contributed by atoms with Crippen LogP contribution < -0.4 is 5.32 Å². The Kier molecular flexibility index (Phi) is 5.40. The van der Waals surface area contributed by atoms with Crippen LogP contribution in [0, 0.1) is 5.92 Å². The summed E-state index contributed by atoms with van der Waals surface area (Å²) in [5, 5.41) is 3.13. The number of rotatable bonds is 7. The molecule has 0 aromatic heterocycles. The van der Waals surface area contributed by atoms with E-state index in [4.69, 9.17) is 0 Å². The molecule has 0 aliphatic carbocycles. The number of sulfone groups is 2. The Balaban J connectivity index is 2.10. The first kappa shape index (κ1) is 14.9. The van der Waals surface area contributed by atoms with Gasteiger partial charge in [0.05, 0.1) is 17.3 Å².